The molecule has 0 amide bonds. The maximum Gasteiger partial charge on any atom is 0.341 e. The number of hydrogen-bond acceptors (Lipinski definition) is 4. The van der Waals surface area contributed by atoms with Crippen LogP contribution in [0.4, 0.5) is 0 Å². The van der Waals surface area contributed by atoms with Crippen LogP contribution in [0.15, 0.2) is 10.5 Å². The third-order valence-electron chi connectivity index (χ3n) is 4.54. The minimum atomic E-state index is -0.334. The van der Waals surface area contributed by atoms with Gasteiger partial charge in [0.1, 0.15) is 17.1 Å². The summed E-state index contributed by atoms with van der Waals surface area (Å²) in [6, 6.07) is 1.77. The molecule has 21 heavy (non-hydrogen) atoms. The molecule has 1 heterocycles. The van der Waals surface area contributed by atoms with E-state index in [4.69, 9.17) is 9.15 Å². The molecule has 1 N–H and O–H groups in total. The van der Waals surface area contributed by atoms with Crippen LogP contribution in [-0.2, 0) is 11.3 Å². The summed E-state index contributed by atoms with van der Waals surface area (Å²) in [6.45, 7) is 5.82. The molecule has 1 aromatic rings. The summed E-state index contributed by atoms with van der Waals surface area (Å²) in [6.07, 6.45) is 6.73. The summed E-state index contributed by atoms with van der Waals surface area (Å²) in [5.74, 6) is 2.87. The summed E-state index contributed by atoms with van der Waals surface area (Å²) < 4.78 is 10.3. The SMILES string of the molecule is COC(=O)c1cc(CNCCC2CCC(C)CC2)oc1C. The van der Waals surface area contributed by atoms with Gasteiger partial charge in [0.15, 0.2) is 0 Å². The normalized spacial score (nSPS) is 22.2. The molecule has 118 valence electrons. The molecular formula is C17H27NO3. The van der Waals surface area contributed by atoms with E-state index in [0.29, 0.717) is 17.9 Å². The average Bonchev–Trinajstić information content (AvgIpc) is 2.85. The lowest BCUT2D eigenvalue weighted by Gasteiger charge is -2.26. The van der Waals surface area contributed by atoms with Gasteiger partial charge in [-0.25, -0.2) is 4.79 Å². The van der Waals surface area contributed by atoms with Crippen LogP contribution in [0.3, 0.4) is 0 Å². The maximum absolute atomic E-state index is 11.5. The van der Waals surface area contributed by atoms with Crippen LogP contribution >= 0.6 is 0 Å². The Morgan fingerprint density at radius 2 is 2.10 bits per heavy atom. The highest BCUT2D eigenvalue weighted by Gasteiger charge is 2.18. The zero-order valence-electron chi connectivity index (χ0n) is 13.4. The lowest BCUT2D eigenvalue weighted by molar-refractivity contribution is 0.0599. The molecule has 0 bridgehead atoms. The lowest BCUT2D eigenvalue weighted by atomic mass is 9.81. The molecule has 1 saturated carbocycles. The van der Waals surface area contributed by atoms with E-state index >= 15 is 0 Å². The molecule has 0 atom stereocenters. The van der Waals surface area contributed by atoms with E-state index in [9.17, 15) is 4.79 Å². The molecule has 0 spiro atoms. The van der Waals surface area contributed by atoms with Gasteiger partial charge in [0.2, 0.25) is 0 Å². The van der Waals surface area contributed by atoms with Crippen molar-refractivity contribution in [2.24, 2.45) is 11.8 Å². The molecule has 0 unspecified atom stereocenters. The molecule has 0 aliphatic heterocycles. The number of aryl methyl sites for hydroxylation is 1. The van der Waals surface area contributed by atoms with Crippen molar-refractivity contribution >= 4 is 5.97 Å². The summed E-state index contributed by atoms with van der Waals surface area (Å²) in [5, 5.41) is 3.41. The Morgan fingerprint density at radius 3 is 2.76 bits per heavy atom. The Labute approximate surface area is 127 Å². The van der Waals surface area contributed by atoms with Crippen molar-refractivity contribution in [1.29, 1.82) is 0 Å². The molecule has 1 aliphatic rings. The highest BCUT2D eigenvalue weighted by Crippen LogP contribution is 2.29. The number of hydrogen-bond donors (Lipinski definition) is 1. The number of rotatable bonds is 6. The van der Waals surface area contributed by atoms with Gasteiger partial charge < -0.3 is 14.5 Å². The minimum Gasteiger partial charge on any atom is -0.465 e. The predicted octanol–water partition coefficient (Wildman–Crippen LogP) is 3.68. The third kappa shape index (κ3) is 4.60. The third-order valence-corrected chi connectivity index (χ3v) is 4.54. The minimum absolute atomic E-state index is 0.334. The van der Waals surface area contributed by atoms with Gasteiger partial charge in [-0.2, -0.15) is 0 Å². The van der Waals surface area contributed by atoms with E-state index < -0.39 is 0 Å². The van der Waals surface area contributed by atoms with Gasteiger partial charge in [0.05, 0.1) is 13.7 Å². The molecule has 0 radical (unpaired) electrons. The lowest BCUT2D eigenvalue weighted by Crippen LogP contribution is -2.20. The van der Waals surface area contributed by atoms with E-state index in [1.54, 1.807) is 13.0 Å². The average molecular weight is 293 g/mol. The molecule has 2 rings (SSSR count). The molecule has 0 aromatic carbocycles. The van der Waals surface area contributed by atoms with Crippen molar-refractivity contribution in [3.8, 4) is 0 Å². The number of esters is 1. The first-order chi connectivity index (χ1) is 10.1. The van der Waals surface area contributed by atoms with Crippen LogP contribution in [-0.4, -0.2) is 19.6 Å². The highest BCUT2D eigenvalue weighted by atomic mass is 16.5. The summed E-state index contributed by atoms with van der Waals surface area (Å²) in [4.78, 5) is 11.5. The first-order valence-corrected chi connectivity index (χ1v) is 7.98. The van der Waals surface area contributed by atoms with Gasteiger partial charge in [-0.3, -0.25) is 0 Å². The van der Waals surface area contributed by atoms with Crippen LogP contribution in [0.2, 0.25) is 0 Å². The summed E-state index contributed by atoms with van der Waals surface area (Å²) >= 11 is 0. The van der Waals surface area contributed by atoms with E-state index in [2.05, 4.69) is 12.2 Å². The molecule has 0 saturated heterocycles. The topological polar surface area (TPSA) is 51.5 Å². The fourth-order valence-corrected chi connectivity index (χ4v) is 3.08. The quantitative estimate of drug-likeness (QED) is 0.642. The van der Waals surface area contributed by atoms with Gasteiger partial charge in [0, 0.05) is 0 Å². The molecule has 1 fully saturated rings. The largest absolute Gasteiger partial charge is 0.465 e. The Morgan fingerprint density at radius 1 is 1.38 bits per heavy atom. The van der Waals surface area contributed by atoms with Crippen molar-refractivity contribution in [2.75, 3.05) is 13.7 Å². The number of nitrogens with one attached hydrogen (secondary N) is 1. The monoisotopic (exact) mass is 293 g/mol. The molecule has 4 nitrogen and oxygen atoms in total. The first kappa shape index (κ1) is 16.1. The predicted molar refractivity (Wildman–Crippen MR) is 82.2 cm³/mol. The van der Waals surface area contributed by atoms with Crippen molar-refractivity contribution in [3.05, 3.63) is 23.2 Å². The highest BCUT2D eigenvalue weighted by molar-refractivity contribution is 5.90. The van der Waals surface area contributed by atoms with Crippen LogP contribution in [0.5, 0.6) is 0 Å². The van der Waals surface area contributed by atoms with Crippen molar-refractivity contribution in [1.82, 2.24) is 5.32 Å². The van der Waals surface area contributed by atoms with Crippen molar-refractivity contribution in [3.63, 3.8) is 0 Å². The van der Waals surface area contributed by atoms with Crippen LogP contribution in [0.1, 0.15) is 60.9 Å². The number of carbonyl (C=O) groups is 1. The fraction of sp³-hybridized carbons (Fsp3) is 0.706. The van der Waals surface area contributed by atoms with Crippen LogP contribution in [0, 0.1) is 18.8 Å². The Kier molecular flexibility index (Phi) is 5.85. The molecule has 4 heteroatoms. The standard InChI is InChI=1S/C17H27NO3/c1-12-4-6-14(7-5-12)8-9-18-11-15-10-16(13(2)21-15)17(19)20-3/h10,12,14,18H,4-9,11H2,1-3H3. The van der Waals surface area contributed by atoms with E-state index in [1.165, 1.54) is 39.2 Å². The van der Waals surface area contributed by atoms with Crippen molar-refractivity contribution in [2.45, 2.75) is 52.5 Å². The van der Waals surface area contributed by atoms with Gasteiger partial charge in [0.25, 0.3) is 0 Å². The van der Waals surface area contributed by atoms with E-state index in [0.717, 1.165) is 24.1 Å². The van der Waals surface area contributed by atoms with Crippen LogP contribution in [0.25, 0.3) is 0 Å². The maximum atomic E-state index is 11.5. The van der Waals surface area contributed by atoms with Gasteiger partial charge in [-0.15, -0.1) is 0 Å². The molecule has 1 aliphatic carbocycles. The smallest absolute Gasteiger partial charge is 0.341 e. The fourth-order valence-electron chi connectivity index (χ4n) is 3.08. The Hall–Kier alpha value is -1.29. The van der Waals surface area contributed by atoms with Gasteiger partial charge in [-0.1, -0.05) is 32.6 Å². The Bertz CT molecular complexity index is 459. The summed E-state index contributed by atoms with van der Waals surface area (Å²) in [7, 11) is 1.39. The molecule has 1 aromatic heterocycles. The number of methoxy groups -OCH3 is 1. The zero-order chi connectivity index (χ0) is 15.2. The van der Waals surface area contributed by atoms with Gasteiger partial charge >= 0.3 is 5.97 Å². The van der Waals surface area contributed by atoms with E-state index in [1.807, 2.05) is 0 Å². The number of carbonyl (C=O) groups excluding carboxylic acids is 1. The number of ether oxygens (including phenoxy) is 1. The second-order valence-electron chi connectivity index (χ2n) is 6.27. The second kappa shape index (κ2) is 7.64. The summed E-state index contributed by atoms with van der Waals surface area (Å²) in [5.41, 5.74) is 0.524. The second-order valence-corrected chi connectivity index (χ2v) is 6.27. The number of furan rings is 1. The van der Waals surface area contributed by atoms with Gasteiger partial charge in [-0.05, 0) is 37.8 Å². The first-order valence-electron chi connectivity index (χ1n) is 7.98. The van der Waals surface area contributed by atoms with Crippen molar-refractivity contribution < 1.29 is 13.9 Å². The van der Waals surface area contributed by atoms with Crippen LogP contribution < -0.4 is 5.32 Å². The zero-order valence-corrected chi connectivity index (χ0v) is 13.4. The Balaban J connectivity index is 1.70. The molecular weight excluding hydrogens is 266 g/mol. The van der Waals surface area contributed by atoms with E-state index in [-0.39, 0.29) is 5.97 Å².